The molecule has 1 N–H and O–H groups in total. The average molecular weight is 631 g/mol. The Kier molecular flexibility index (Phi) is 10.6. The fourth-order valence-corrected chi connectivity index (χ4v) is 7.17. The van der Waals surface area contributed by atoms with Crippen LogP contribution in [-0.2, 0) is 26.2 Å². The normalized spacial score (nSPS) is 14.4. The van der Waals surface area contributed by atoms with Gasteiger partial charge >= 0.3 is 0 Å². The maximum absolute atomic E-state index is 14.3. The first kappa shape index (κ1) is 31.9. The quantitative estimate of drug-likeness (QED) is 0.256. The molecular weight excluding hydrogens is 593 g/mol. The van der Waals surface area contributed by atoms with Crippen molar-refractivity contribution in [3.63, 3.8) is 0 Å². The number of amides is 2. The van der Waals surface area contributed by atoms with Crippen LogP contribution in [0.2, 0.25) is 10.0 Å². The van der Waals surface area contributed by atoms with E-state index in [1.54, 1.807) is 48.5 Å². The van der Waals surface area contributed by atoms with Crippen molar-refractivity contribution in [1.82, 2.24) is 10.2 Å². The zero-order valence-electron chi connectivity index (χ0n) is 24.1. The highest BCUT2D eigenvalue weighted by atomic mass is 35.5. The Labute approximate surface area is 258 Å². The van der Waals surface area contributed by atoms with E-state index < -0.39 is 28.5 Å². The van der Waals surface area contributed by atoms with E-state index in [0.29, 0.717) is 27.7 Å². The van der Waals surface area contributed by atoms with Gasteiger partial charge in [-0.1, -0.05) is 79.4 Å². The second kappa shape index (κ2) is 13.9. The Morgan fingerprint density at radius 1 is 0.952 bits per heavy atom. The number of benzene rings is 3. The van der Waals surface area contributed by atoms with Gasteiger partial charge in [-0.05, 0) is 80.1 Å². The topological polar surface area (TPSA) is 86.8 Å². The van der Waals surface area contributed by atoms with Gasteiger partial charge in [0.05, 0.1) is 20.6 Å². The summed E-state index contributed by atoms with van der Waals surface area (Å²) in [4.78, 5) is 29.4. The van der Waals surface area contributed by atoms with Crippen LogP contribution in [0.5, 0.6) is 0 Å². The number of hydrogen-bond acceptors (Lipinski definition) is 4. The van der Waals surface area contributed by atoms with Gasteiger partial charge < -0.3 is 10.2 Å². The molecule has 0 aliphatic heterocycles. The monoisotopic (exact) mass is 629 g/mol. The van der Waals surface area contributed by atoms with Crippen LogP contribution in [0.3, 0.4) is 0 Å². The van der Waals surface area contributed by atoms with Gasteiger partial charge in [-0.2, -0.15) is 0 Å². The van der Waals surface area contributed by atoms with Gasteiger partial charge in [0.2, 0.25) is 11.8 Å². The van der Waals surface area contributed by atoms with Gasteiger partial charge in [0, 0.05) is 12.6 Å². The van der Waals surface area contributed by atoms with Crippen LogP contribution in [0.1, 0.15) is 55.7 Å². The van der Waals surface area contributed by atoms with Crippen LogP contribution in [0.25, 0.3) is 0 Å². The van der Waals surface area contributed by atoms with E-state index in [1.165, 1.54) is 17.0 Å². The highest BCUT2D eigenvalue weighted by Crippen LogP contribution is 2.30. The fourth-order valence-electron chi connectivity index (χ4n) is 5.36. The van der Waals surface area contributed by atoms with Gasteiger partial charge in [-0.25, -0.2) is 8.42 Å². The zero-order valence-corrected chi connectivity index (χ0v) is 26.5. The maximum atomic E-state index is 14.3. The minimum atomic E-state index is -4.13. The molecule has 0 radical (unpaired) electrons. The van der Waals surface area contributed by atoms with Crippen molar-refractivity contribution in [2.75, 3.05) is 10.8 Å². The predicted molar refractivity (Wildman–Crippen MR) is 168 cm³/mol. The molecule has 3 aromatic rings. The highest BCUT2D eigenvalue weighted by Gasteiger charge is 2.35. The van der Waals surface area contributed by atoms with Crippen molar-refractivity contribution >= 4 is 50.7 Å². The van der Waals surface area contributed by atoms with Crippen molar-refractivity contribution in [3.05, 3.63) is 93.5 Å². The lowest BCUT2D eigenvalue weighted by atomic mass is 10.1. The lowest BCUT2D eigenvalue weighted by molar-refractivity contribution is -0.140. The van der Waals surface area contributed by atoms with E-state index in [9.17, 15) is 18.0 Å². The highest BCUT2D eigenvalue weighted by molar-refractivity contribution is 7.92. The first-order valence-electron chi connectivity index (χ1n) is 14.2. The number of nitrogens with one attached hydrogen (secondary N) is 1. The summed E-state index contributed by atoms with van der Waals surface area (Å²) in [5, 5.41) is 3.82. The van der Waals surface area contributed by atoms with Crippen LogP contribution in [0.15, 0.2) is 71.6 Å². The minimum Gasteiger partial charge on any atom is -0.352 e. The molecule has 0 unspecified atom stereocenters. The molecule has 1 fully saturated rings. The smallest absolute Gasteiger partial charge is 0.264 e. The summed E-state index contributed by atoms with van der Waals surface area (Å²) in [5.41, 5.74) is 2.72. The number of rotatable bonds is 11. The standard InChI is InChI=1S/C32H37Cl2N3O4S/c1-4-29(32(39)35-25-12-8-9-13-25)36(20-24-17-18-27(33)28(34)19-24)31(38)21-37(30-16-10-11-22(2)23(30)3)42(40,41)26-14-6-5-7-15-26/h5-7,10-11,14-19,25,29H,4,8-9,12-13,20-21H2,1-3H3,(H,35,39)/t29-/m1/s1. The molecule has 42 heavy (non-hydrogen) atoms. The third-order valence-corrected chi connectivity index (χ3v) is 10.4. The Balaban J connectivity index is 1.75. The number of carbonyl (C=O) groups excluding carboxylic acids is 2. The summed E-state index contributed by atoms with van der Waals surface area (Å²) >= 11 is 12.4. The Hall–Kier alpha value is -3.07. The van der Waals surface area contributed by atoms with Gasteiger partial charge in [0.15, 0.2) is 0 Å². The molecule has 0 heterocycles. The first-order valence-corrected chi connectivity index (χ1v) is 16.4. The summed E-state index contributed by atoms with van der Waals surface area (Å²) < 4.78 is 29.2. The number of nitrogens with zero attached hydrogens (tertiary/aromatic N) is 2. The largest absolute Gasteiger partial charge is 0.352 e. The number of halogens is 2. The SMILES string of the molecule is CC[C@H](C(=O)NC1CCCC1)N(Cc1ccc(Cl)c(Cl)c1)C(=O)CN(c1cccc(C)c1C)S(=O)(=O)c1ccccc1. The zero-order chi connectivity index (χ0) is 30.4. The molecule has 0 aromatic heterocycles. The number of hydrogen-bond donors (Lipinski definition) is 1. The lowest BCUT2D eigenvalue weighted by Gasteiger charge is -2.34. The second-order valence-corrected chi connectivity index (χ2v) is 13.4. The molecule has 2 amide bonds. The van der Waals surface area contributed by atoms with Crippen molar-refractivity contribution in [2.24, 2.45) is 0 Å². The van der Waals surface area contributed by atoms with Crippen LogP contribution in [-0.4, -0.2) is 43.8 Å². The Morgan fingerprint density at radius 2 is 1.64 bits per heavy atom. The van der Waals surface area contributed by atoms with Gasteiger partial charge in [-0.3, -0.25) is 13.9 Å². The van der Waals surface area contributed by atoms with E-state index in [1.807, 2.05) is 26.8 Å². The second-order valence-electron chi connectivity index (χ2n) is 10.7. The summed E-state index contributed by atoms with van der Waals surface area (Å²) in [6, 6.07) is 17.7. The summed E-state index contributed by atoms with van der Waals surface area (Å²) in [7, 11) is -4.13. The van der Waals surface area contributed by atoms with Crippen molar-refractivity contribution in [1.29, 1.82) is 0 Å². The Morgan fingerprint density at radius 3 is 2.29 bits per heavy atom. The van der Waals surface area contributed by atoms with E-state index in [-0.39, 0.29) is 23.4 Å². The van der Waals surface area contributed by atoms with Crippen molar-refractivity contribution in [3.8, 4) is 0 Å². The van der Waals surface area contributed by atoms with Crippen LogP contribution in [0.4, 0.5) is 5.69 Å². The maximum Gasteiger partial charge on any atom is 0.264 e. The van der Waals surface area contributed by atoms with Crippen LogP contribution >= 0.6 is 23.2 Å². The molecule has 3 aromatic carbocycles. The number of aryl methyl sites for hydroxylation is 1. The van der Waals surface area contributed by atoms with Gasteiger partial charge in [-0.15, -0.1) is 0 Å². The third kappa shape index (κ3) is 7.28. The summed E-state index contributed by atoms with van der Waals surface area (Å²) in [5.74, 6) is -0.753. The molecule has 1 atom stereocenters. The molecule has 0 saturated heterocycles. The van der Waals surface area contributed by atoms with E-state index >= 15 is 0 Å². The molecular formula is C32H37Cl2N3O4S. The predicted octanol–water partition coefficient (Wildman–Crippen LogP) is 6.67. The minimum absolute atomic E-state index is 0.0539. The van der Waals surface area contributed by atoms with Gasteiger partial charge in [0.25, 0.3) is 10.0 Å². The van der Waals surface area contributed by atoms with Gasteiger partial charge in [0.1, 0.15) is 12.6 Å². The number of sulfonamides is 1. The van der Waals surface area contributed by atoms with E-state index in [2.05, 4.69) is 5.32 Å². The number of carbonyl (C=O) groups is 2. The third-order valence-electron chi connectivity index (χ3n) is 7.88. The average Bonchev–Trinajstić information content (AvgIpc) is 3.48. The van der Waals surface area contributed by atoms with E-state index in [0.717, 1.165) is 41.1 Å². The first-order chi connectivity index (χ1) is 20.0. The van der Waals surface area contributed by atoms with Crippen LogP contribution in [0, 0.1) is 13.8 Å². The Bertz CT molecular complexity index is 1530. The summed E-state index contributed by atoms with van der Waals surface area (Å²) in [6.45, 7) is 5.14. The fraction of sp³-hybridized carbons (Fsp3) is 0.375. The molecule has 1 aliphatic rings. The molecule has 1 aliphatic carbocycles. The van der Waals surface area contributed by atoms with Crippen molar-refractivity contribution < 1.29 is 18.0 Å². The van der Waals surface area contributed by atoms with Crippen molar-refractivity contribution in [2.45, 2.75) is 76.4 Å². The molecule has 1 saturated carbocycles. The van der Waals surface area contributed by atoms with E-state index in [4.69, 9.17) is 23.2 Å². The molecule has 0 spiro atoms. The molecule has 0 bridgehead atoms. The van der Waals surface area contributed by atoms with Crippen LogP contribution < -0.4 is 9.62 Å². The molecule has 224 valence electrons. The summed E-state index contributed by atoms with van der Waals surface area (Å²) in [6.07, 6.45) is 4.25. The molecule has 7 nitrogen and oxygen atoms in total. The number of anilines is 1. The molecule has 10 heteroatoms. The lowest BCUT2D eigenvalue weighted by Crippen LogP contribution is -2.53. The molecule has 4 rings (SSSR count).